The van der Waals surface area contributed by atoms with Gasteiger partial charge in [-0.25, -0.2) is 9.59 Å². The molecule has 2 aromatic rings. The van der Waals surface area contributed by atoms with E-state index < -0.39 is 18.1 Å². The lowest BCUT2D eigenvalue weighted by atomic mass is 9.98. The number of amides is 2. The topological polar surface area (TPSA) is 95.9 Å². The third kappa shape index (κ3) is 6.17. The van der Waals surface area contributed by atoms with Gasteiger partial charge in [0, 0.05) is 36.9 Å². The maximum atomic E-state index is 12.4. The van der Waals surface area contributed by atoms with Crippen LogP contribution >= 0.6 is 11.8 Å². The maximum Gasteiger partial charge on any atom is 0.407 e. The summed E-state index contributed by atoms with van der Waals surface area (Å²) >= 11 is 1.58. The fraction of sp³-hybridized carbons (Fsp3) is 0.444. The molecule has 186 valence electrons. The highest BCUT2D eigenvalue weighted by Crippen LogP contribution is 2.44. The van der Waals surface area contributed by atoms with Crippen molar-refractivity contribution in [3.05, 3.63) is 59.7 Å². The number of unbranched alkanes of at least 4 members (excludes halogenated alkanes) is 3. The first-order valence-corrected chi connectivity index (χ1v) is 13.4. The summed E-state index contributed by atoms with van der Waals surface area (Å²) in [4.78, 5) is 37.5. The number of nitrogens with zero attached hydrogens (tertiary/aromatic N) is 1. The Balaban J connectivity index is 1.11. The molecule has 1 fully saturated rings. The van der Waals surface area contributed by atoms with Crippen molar-refractivity contribution in [2.45, 2.75) is 44.1 Å². The molecule has 1 aliphatic heterocycles. The molecule has 2 aromatic carbocycles. The van der Waals surface area contributed by atoms with E-state index >= 15 is 0 Å². The summed E-state index contributed by atoms with van der Waals surface area (Å²) in [6.45, 7) is 1.33. The van der Waals surface area contributed by atoms with Crippen LogP contribution < -0.4 is 5.32 Å². The largest absolute Gasteiger partial charge is 0.480 e. The molecule has 0 radical (unpaired) electrons. The van der Waals surface area contributed by atoms with Crippen LogP contribution in [-0.2, 0) is 14.3 Å². The molecular weight excluding hydrogens is 464 g/mol. The Kier molecular flexibility index (Phi) is 8.69. The van der Waals surface area contributed by atoms with E-state index in [-0.39, 0.29) is 11.8 Å². The van der Waals surface area contributed by atoms with Crippen LogP contribution in [0.4, 0.5) is 4.79 Å². The Morgan fingerprint density at radius 3 is 2.31 bits per heavy atom. The van der Waals surface area contributed by atoms with Gasteiger partial charge in [-0.05, 0) is 35.1 Å². The van der Waals surface area contributed by atoms with Gasteiger partial charge in [-0.15, -0.1) is 0 Å². The van der Waals surface area contributed by atoms with E-state index in [1.807, 2.05) is 24.3 Å². The number of hydrogen-bond donors (Lipinski definition) is 2. The summed E-state index contributed by atoms with van der Waals surface area (Å²) in [7, 11) is 0. The summed E-state index contributed by atoms with van der Waals surface area (Å²) in [6.07, 6.45) is 3.22. The molecule has 35 heavy (non-hydrogen) atoms. The van der Waals surface area contributed by atoms with Crippen molar-refractivity contribution >= 4 is 29.7 Å². The van der Waals surface area contributed by atoms with Crippen LogP contribution in [0.2, 0.25) is 0 Å². The first-order chi connectivity index (χ1) is 17.1. The predicted octanol–water partition coefficient (Wildman–Crippen LogP) is 4.50. The molecule has 1 aliphatic carbocycles. The van der Waals surface area contributed by atoms with Gasteiger partial charge in [0.05, 0.1) is 0 Å². The summed E-state index contributed by atoms with van der Waals surface area (Å²) in [5, 5.41) is 12.1. The van der Waals surface area contributed by atoms with Gasteiger partial charge in [-0.2, -0.15) is 11.8 Å². The Morgan fingerprint density at radius 2 is 1.63 bits per heavy atom. The molecule has 0 spiro atoms. The number of alkyl carbamates (subject to hydrolysis) is 1. The second kappa shape index (κ2) is 12.1. The molecule has 8 heteroatoms. The fourth-order valence-corrected chi connectivity index (χ4v) is 5.88. The number of thioether (sulfide) groups is 1. The molecule has 7 nitrogen and oxygen atoms in total. The maximum absolute atomic E-state index is 12.4. The summed E-state index contributed by atoms with van der Waals surface area (Å²) < 4.78 is 5.55. The van der Waals surface area contributed by atoms with Crippen molar-refractivity contribution in [3.63, 3.8) is 0 Å². The van der Waals surface area contributed by atoms with Crippen LogP contribution in [0.1, 0.15) is 49.1 Å². The summed E-state index contributed by atoms with van der Waals surface area (Å²) in [5.74, 6) is 0.295. The smallest absolute Gasteiger partial charge is 0.407 e. The molecule has 2 amide bonds. The van der Waals surface area contributed by atoms with Gasteiger partial charge in [-0.3, -0.25) is 4.79 Å². The molecule has 1 saturated heterocycles. The highest BCUT2D eigenvalue weighted by atomic mass is 32.2. The molecule has 1 atom stereocenters. The normalized spacial score (nSPS) is 16.9. The lowest BCUT2D eigenvalue weighted by Gasteiger charge is -2.32. The third-order valence-electron chi connectivity index (χ3n) is 6.66. The number of carboxylic acid groups (broad SMARTS) is 1. The van der Waals surface area contributed by atoms with Crippen LogP contribution in [0, 0.1) is 0 Å². The zero-order valence-electron chi connectivity index (χ0n) is 19.8. The minimum atomic E-state index is -0.926. The molecule has 0 aromatic heterocycles. The van der Waals surface area contributed by atoms with Crippen molar-refractivity contribution in [3.8, 4) is 11.1 Å². The third-order valence-corrected chi connectivity index (χ3v) is 7.69. The summed E-state index contributed by atoms with van der Waals surface area (Å²) in [6, 6.07) is 15.8. The molecule has 0 saturated carbocycles. The van der Waals surface area contributed by atoms with Crippen LogP contribution in [0.3, 0.4) is 0 Å². The Bertz CT molecular complexity index is 1010. The van der Waals surface area contributed by atoms with Gasteiger partial charge in [-0.1, -0.05) is 61.4 Å². The zero-order valence-corrected chi connectivity index (χ0v) is 20.6. The van der Waals surface area contributed by atoms with Crippen molar-refractivity contribution in [1.82, 2.24) is 10.2 Å². The number of carbonyl (C=O) groups excluding carboxylic acids is 2. The van der Waals surface area contributed by atoms with E-state index in [0.717, 1.165) is 31.4 Å². The Hall–Kier alpha value is -3.00. The van der Waals surface area contributed by atoms with E-state index in [1.165, 1.54) is 27.2 Å². The fourth-order valence-electron chi connectivity index (χ4n) is 4.85. The first-order valence-electron chi connectivity index (χ1n) is 12.2. The van der Waals surface area contributed by atoms with Crippen LogP contribution in [0.25, 0.3) is 11.1 Å². The molecular formula is C27H32N2O5S. The molecule has 2 aliphatic rings. The molecule has 2 N–H and O–H groups in total. The minimum absolute atomic E-state index is 0.0462. The van der Waals surface area contributed by atoms with Crippen molar-refractivity contribution in [2.75, 3.05) is 31.2 Å². The van der Waals surface area contributed by atoms with Crippen molar-refractivity contribution < 1.29 is 24.2 Å². The van der Waals surface area contributed by atoms with E-state index in [9.17, 15) is 19.5 Å². The van der Waals surface area contributed by atoms with Crippen molar-refractivity contribution in [1.29, 1.82) is 0 Å². The van der Waals surface area contributed by atoms with E-state index in [2.05, 4.69) is 29.6 Å². The molecule has 4 rings (SSSR count). The monoisotopic (exact) mass is 496 g/mol. The standard InChI is InChI=1S/C27H32N2O5S/c30-25(29-15-16-35-18-24(29)26(31)32)13-3-1-2-8-14-28-27(33)34-17-23-21-11-6-4-9-19(21)20-10-5-7-12-22(20)23/h4-7,9-12,23-24H,1-3,8,13-18H2,(H,28,33)(H,31,32). The highest BCUT2D eigenvalue weighted by Gasteiger charge is 2.32. The number of ether oxygens (including phenoxy) is 1. The van der Waals surface area contributed by atoms with Crippen LogP contribution in [-0.4, -0.2) is 65.2 Å². The van der Waals surface area contributed by atoms with Gasteiger partial charge in [0.25, 0.3) is 0 Å². The number of fused-ring (bicyclic) bond motifs is 3. The van der Waals surface area contributed by atoms with E-state index in [4.69, 9.17) is 4.74 Å². The van der Waals surface area contributed by atoms with Gasteiger partial charge in [0.15, 0.2) is 0 Å². The van der Waals surface area contributed by atoms with Gasteiger partial charge in [0.1, 0.15) is 12.6 Å². The zero-order chi connectivity index (χ0) is 24.6. The predicted molar refractivity (Wildman–Crippen MR) is 137 cm³/mol. The lowest BCUT2D eigenvalue weighted by molar-refractivity contribution is -0.149. The van der Waals surface area contributed by atoms with Gasteiger partial charge >= 0.3 is 12.1 Å². The SMILES string of the molecule is O=C(NCCCCCCC(=O)N1CCSCC1C(=O)O)OCC1c2ccccc2-c2ccccc21. The number of benzene rings is 2. The number of hydrogen-bond acceptors (Lipinski definition) is 5. The lowest BCUT2D eigenvalue weighted by Crippen LogP contribution is -2.50. The minimum Gasteiger partial charge on any atom is -0.480 e. The number of rotatable bonds is 10. The number of carboxylic acids is 1. The molecule has 0 bridgehead atoms. The molecule has 1 unspecified atom stereocenters. The Morgan fingerprint density at radius 1 is 0.971 bits per heavy atom. The number of carbonyl (C=O) groups is 3. The highest BCUT2D eigenvalue weighted by molar-refractivity contribution is 7.99. The average molecular weight is 497 g/mol. The van der Waals surface area contributed by atoms with Gasteiger partial charge in [0.2, 0.25) is 5.91 Å². The summed E-state index contributed by atoms with van der Waals surface area (Å²) in [5.41, 5.74) is 4.78. The van der Waals surface area contributed by atoms with Crippen LogP contribution in [0.15, 0.2) is 48.5 Å². The average Bonchev–Trinajstić information content (AvgIpc) is 3.20. The Labute approximate surface area is 210 Å². The molecule has 1 heterocycles. The second-order valence-electron chi connectivity index (χ2n) is 8.93. The first kappa shape index (κ1) is 25.1. The van der Waals surface area contributed by atoms with Crippen LogP contribution in [0.5, 0.6) is 0 Å². The number of aliphatic carboxylic acids is 1. The van der Waals surface area contributed by atoms with Crippen molar-refractivity contribution in [2.24, 2.45) is 0 Å². The van der Waals surface area contributed by atoms with Gasteiger partial charge < -0.3 is 20.1 Å². The quantitative estimate of drug-likeness (QED) is 0.470. The second-order valence-corrected chi connectivity index (χ2v) is 10.1. The van der Waals surface area contributed by atoms with E-state index in [1.54, 1.807) is 11.8 Å². The number of nitrogens with one attached hydrogen (secondary N) is 1. The van der Waals surface area contributed by atoms with E-state index in [0.29, 0.717) is 31.9 Å².